The molecule has 1 aromatic heterocycles. The summed E-state index contributed by atoms with van der Waals surface area (Å²) in [4.78, 5) is 48.9. The first-order valence-electron chi connectivity index (χ1n) is 15.9. The molecule has 3 fully saturated rings. The number of carbonyl (C=O) groups is 3. The lowest BCUT2D eigenvalue weighted by molar-refractivity contribution is -0.150. The maximum Gasteiger partial charge on any atom is 0.408 e. The molecule has 2 N–H and O–H groups in total. The zero-order chi connectivity index (χ0) is 33.8. The van der Waals surface area contributed by atoms with Gasteiger partial charge in [0.25, 0.3) is 5.92 Å². The molecular formula is C32H38F4N4O7. The highest BCUT2D eigenvalue weighted by Crippen LogP contribution is 2.58. The first-order chi connectivity index (χ1) is 22.1. The van der Waals surface area contributed by atoms with Crippen molar-refractivity contribution in [2.75, 3.05) is 6.54 Å². The number of nitrogens with one attached hydrogen (secondary N) is 1. The number of alkyl carbamates (subject to hydrolysis) is 1. The normalized spacial score (nSPS) is 31.1. The van der Waals surface area contributed by atoms with Crippen LogP contribution in [0.1, 0.15) is 71.4 Å². The van der Waals surface area contributed by atoms with Gasteiger partial charge in [-0.05, 0) is 61.0 Å². The monoisotopic (exact) mass is 666 g/mol. The maximum atomic E-state index is 16.0. The van der Waals surface area contributed by atoms with Gasteiger partial charge in [0.05, 0.1) is 17.6 Å². The molecule has 0 unspecified atom stereocenters. The van der Waals surface area contributed by atoms with Gasteiger partial charge < -0.3 is 29.5 Å². The molecule has 1 aromatic carbocycles. The molecule has 256 valence electrons. The van der Waals surface area contributed by atoms with Gasteiger partial charge in [-0.3, -0.25) is 4.79 Å². The summed E-state index contributed by atoms with van der Waals surface area (Å²) in [5.74, 6) is -5.65. The molecule has 4 aliphatic rings. The number of hydrogen-bond acceptors (Lipinski definition) is 8. The zero-order valence-electron chi connectivity index (χ0n) is 26.3. The largest absolute Gasteiger partial charge is 0.480 e. The number of carbonyl (C=O) groups excluding carboxylic acids is 2. The molecule has 47 heavy (non-hydrogen) atoms. The molecule has 2 aromatic rings. The van der Waals surface area contributed by atoms with E-state index in [4.69, 9.17) is 9.47 Å². The average molecular weight is 667 g/mol. The third-order valence-corrected chi connectivity index (χ3v) is 9.74. The number of alkyl halides is 4. The molecule has 6 rings (SSSR count). The van der Waals surface area contributed by atoms with Crippen LogP contribution >= 0.6 is 0 Å². The highest BCUT2D eigenvalue weighted by molar-refractivity contribution is 5.90. The summed E-state index contributed by atoms with van der Waals surface area (Å²) in [6.07, 6.45) is -0.358. The van der Waals surface area contributed by atoms with Crippen molar-refractivity contribution >= 4 is 29.0 Å². The minimum Gasteiger partial charge on any atom is -0.480 e. The average Bonchev–Trinajstić information content (AvgIpc) is 3.46. The zero-order valence-corrected chi connectivity index (χ0v) is 26.3. The molecule has 0 radical (unpaired) electrons. The second-order valence-corrected chi connectivity index (χ2v) is 14.1. The van der Waals surface area contributed by atoms with Crippen LogP contribution in [-0.2, 0) is 20.2 Å². The van der Waals surface area contributed by atoms with E-state index in [1.54, 1.807) is 20.8 Å². The van der Waals surface area contributed by atoms with Crippen molar-refractivity contribution in [3.05, 3.63) is 23.9 Å². The lowest BCUT2D eigenvalue weighted by Crippen LogP contribution is -2.57. The standard InChI is InChI=1S/C32H38F4N4O7/c1-31(2,3)25-27(41)40-14-17(13-22(40)28(42)43)45-26-24(37-20-8-7-16(46-29(33)34)12-21(20)38-26)32(35,36)9-5-4-6-18-19-10-15(19)11-23(18)47-30(44)39-25/h7-8,12,15,17-19,22-23,25,29H,4-6,9-11,13-14H2,1-3H3,(H,39,44)(H,42,43)/t15-,17+,18+,19-,22-,23+,25+/m0/s1. The fraction of sp³-hybridized carbons (Fsp3) is 0.656. The van der Waals surface area contributed by atoms with Gasteiger partial charge in [-0.15, -0.1) is 0 Å². The van der Waals surface area contributed by atoms with Gasteiger partial charge in [0.1, 0.15) is 30.0 Å². The van der Waals surface area contributed by atoms with E-state index in [1.807, 2.05) is 0 Å². The van der Waals surface area contributed by atoms with Gasteiger partial charge in [-0.25, -0.2) is 19.6 Å². The number of carboxylic acid groups (broad SMARTS) is 1. The van der Waals surface area contributed by atoms with Crippen LogP contribution in [-0.4, -0.2) is 75.4 Å². The van der Waals surface area contributed by atoms with Crippen LogP contribution in [0.25, 0.3) is 11.0 Å². The molecule has 2 saturated carbocycles. The number of ether oxygens (including phenoxy) is 3. The Bertz CT molecular complexity index is 1550. The topological polar surface area (TPSA) is 140 Å². The molecule has 15 heteroatoms. The van der Waals surface area contributed by atoms with Crippen LogP contribution in [0, 0.1) is 23.2 Å². The van der Waals surface area contributed by atoms with Crippen LogP contribution in [0.4, 0.5) is 22.4 Å². The van der Waals surface area contributed by atoms with E-state index in [0.717, 1.165) is 17.4 Å². The number of benzene rings is 1. The number of carboxylic acids is 1. The first-order valence-corrected chi connectivity index (χ1v) is 15.9. The van der Waals surface area contributed by atoms with Gasteiger partial charge in [-0.2, -0.15) is 17.6 Å². The number of rotatable bonds is 3. The molecule has 3 heterocycles. The van der Waals surface area contributed by atoms with Crippen molar-refractivity contribution in [1.29, 1.82) is 0 Å². The van der Waals surface area contributed by atoms with Gasteiger partial charge in [0.15, 0.2) is 5.69 Å². The summed E-state index contributed by atoms with van der Waals surface area (Å²) < 4.78 is 73.9. The highest BCUT2D eigenvalue weighted by Gasteiger charge is 2.55. The molecular weight excluding hydrogens is 628 g/mol. The molecule has 7 atom stereocenters. The predicted molar refractivity (Wildman–Crippen MR) is 157 cm³/mol. The van der Waals surface area contributed by atoms with Gasteiger partial charge in [0, 0.05) is 18.9 Å². The molecule has 2 aliphatic heterocycles. The summed E-state index contributed by atoms with van der Waals surface area (Å²) in [5.41, 5.74) is -1.68. The van der Waals surface area contributed by atoms with Crippen molar-refractivity contribution in [3.8, 4) is 11.6 Å². The van der Waals surface area contributed by atoms with E-state index < -0.39 is 78.2 Å². The Morgan fingerprint density at radius 2 is 1.85 bits per heavy atom. The van der Waals surface area contributed by atoms with Gasteiger partial charge in [-0.1, -0.05) is 27.2 Å². The van der Waals surface area contributed by atoms with Crippen LogP contribution in [0.3, 0.4) is 0 Å². The van der Waals surface area contributed by atoms with Crippen molar-refractivity contribution in [2.45, 2.75) is 103 Å². The van der Waals surface area contributed by atoms with E-state index in [2.05, 4.69) is 20.0 Å². The Balaban J connectivity index is 1.38. The molecule has 2 aliphatic carbocycles. The maximum absolute atomic E-state index is 16.0. The molecule has 11 nitrogen and oxygen atoms in total. The minimum atomic E-state index is -3.52. The Hall–Kier alpha value is -3.91. The minimum absolute atomic E-state index is 0.00165. The lowest BCUT2D eigenvalue weighted by Gasteiger charge is -2.35. The lowest BCUT2D eigenvalue weighted by atomic mass is 9.85. The van der Waals surface area contributed by atoms with Crippen molar-refractivity contribution in [2.24, 2.45) is 23.2 Å². The third kappa shape index (κ3) is 6.89. The van der Waals surface area contributed by atoms with Crippen LogP contribution in [0.15, 0.2) is 18.2 Å². The third-order valence-electron chi connectivity index (χ3n) is 9.74. The SMILES string of the molecule is CC(C)(C)[C@@H]1NC(=O)O[C@@H]2C[C@@H]3C[C@@H]3[C@H]2CCCCC(F)(F)c2nc3ccc(OC(F)F)cc3nc2O[C@@H]2C[C@@H](C(=O)O)N(C2)C1=O. The van der Waals surface area contributed by atoms with Crippen molar-refractivity contribution in [1.82, 2.24) is 20.2 Å². The van der Waals surface area contributed by atoms with E-state index in [0.29, 0.717) is 31.1 Å². The Labute approximate surface area is 268 Å². The highest BCUT2D eigenvalue weighted by atomic mass is 19.3. The Morgan fingerprint density at radius 1 is 1.09 bits per heavy atom. The van der Waals surface area contributed by atoms with Crippen molar-refractivity contribution < 1.29 is 51.3 Å². The second kappa shape index (κ2) is 12.3. The van der Waals surface area contributed by atoms with Crippen LogP contribution in [0.5, 0.6) is 11.6 Å². The molecule has 2 bridgehead atoms. The van der Waals surface area contributed by atoms with Crippen LogP contribution < -0.4 is 14.8 Å². The summed E-state index contributed by atoms with van der Waals surface area (Å²) >= 11 is 0. The Morgan fingerprint density at radius 3 is 2.55 bits per heavy atom. The fourth-order valence-corrected chi connectivity index (χ4v) is 7.33. The molecule has 2 amide bonds. The van der Waals surface area contributed by atoms with E-state index >= 15 is 8.78 Å². The van der Waals surface area contributed by atoms with Crippen molar-refractivity contribution in [3.63, 3.8) is 0 Å². The number of fused-ring (bicyclic) bond motifs is 7. The number of amides is 2. The number of hydrogen-bond donors (Lipinski definition) is 2. The second-order valence-electron chi connectivity index (χ2n) is 14.1. The number of halogens is 4. The molecule has 0 spiro atoms. The number of nitrogens with zero attached hydrogens (tertiary/aromatic N) is 3. The predicted octanol–water partition coefficient (Wildman–Crippen LogP) is 5.50. The number of aliphatic carboxylic acids is 1. The fourth-order valence-electron chi connectivity index (χ4n) is 7.33. The first kappa shape index (κ1) is 33.0. The van der Waals surface area contributed by atoms with Gasteiger partial charge in [0.2, 0.25) is 11.8 Å². The smallest absolute Gasteiger partial charge is 0.408 e. The summed E-state index contributed by atoms with van der Waals surface area (Å²) in [7, 11) is 0. The summed E-state index contributed by atoms with van der Waals surface area (Å²) in [6.45, 7) is 1.72. The van der Waals surface area contributed by atoms with Gasteiger partial charge >= 0.3 is 18.7 Å². The van der Waals surface area contributed by atoms with E-state index in [9.17, 15) is 28.3 Å². The quantitative estimate of drug-likeness (QED) is 0.407. The van der Waals surface area contributed by atoms with Crippen LogP contribution in [0.2, 0.25) is 0 Å². The summed E-state index contributed by atoms with van der Waals surface area (Å²) in [6, 6.07) is 0.965. The number of aromatic nitrogens is 2. The Kier molecular flexibility index (Phi) is 8.62. The van der Waals surface area contributed by atoms with E-state index in [1.165, 1.54) is 12.1 Å². The summed E-state index contributed by atoms with van der Waals surface area (Å²) in [5, 5.41) is 12.7. The van der Waals surface area contributed by atoms with E-state index in [-0.39, 0.29) is 42.1 Å². The molecule has 1 saturated heterocycles.